The van der Waals surface area contributed by atoms with Crippen LogP contribution in [0.2, 0.25) is 0 Å². The molecule has 0 spiro atoms. The number of hydrogen-bond acceptors (Lipinski definition) is 6. The van der Waals surface area contributed by atoms with Crippen LogP contribution in [0, 0.1) is 5.92 Å². The van der Waals surface area contributed by atoms with Crippen LogP contribution in [0.5, 0.6) is 11.5 Å². The molecule has 8 nitrogen and oxygen atoms in total. The molecule has 10 heteroatoms. The Kier molecular flexibility index (Phi) is 6.90. The summed E-state index contributed by atoms with van der Waals surface area (Å²) >= 11 is 0. The van der Waals surface area contributed by atoms with E-state index in [2.05, 4.69) is 11.3 Å². The van der Waals surface area contributed by atoms with Crippen LogP contribution < -0.4 is 14.2 Å². The Morgan fingerprint density at radius 2 is 2.04 bits per heavy atom. The third-order valence-corrected chi connectivity index (χ3v) is 7.08. The molecule has 0 aromatic heterocycles. The summed E-state index contributed by atoms with van der Waals surface area (Å²) < 4.78 is 63.5. The van der Waals surface area contributed by atoms with Gasteiger partial charge in [0.25, 0.3) is 0 Å². The molecular weight excluding hydrogens is 392 g/mol. The lowest BCUT2D eigenvalue weighted by Gasteiger charge is -2.19. The lowest BCUT2D eigenvalue weighted by atomic mass is 10.1. The van der Waals surface area contributed by atoms with Gasteiger partial charge in [-0.15, -0.1) is 0 Å². The summed E-state index contributed by atoms with van der Waals surface area (Å²) in [6.07, 6.45) is 0.520. The third kappa shape index (κ3) is 5.44. The Labute approximate surface area is 161 Å². The van der Waals surface area contributed by atoms with E-state index in [9.17, 15) is 16.8 Å². The summed E-state index contributed by atoms with van der Waals surface area (Å²) in [6.45, 7) is 7.70. The van der Waals surface area contributed by atoms with Gasteiger partial charge in [0.1, 0.15) is 16.4 Å². The first-order valence-electron chi connectivity index (χ1n) is 8.56. The summed E-state index contributed by atoms with van der Waals surface area (Å²) in [6, 6.07) is 4.62. The van der Waals surface area contributed by atoms with Gasteiger partial charge in [0.15, 0.2) is 0 Å². The Bertz CT molecular complexity index is 881. The maximum Gasteiger partial charge on any atom is 0.246 e. The van der Waals surface area contributed by atoms with Gasteiger partial charge in [-0.25, -0.2) is 21.6 Å². The van der Waals surface area contributed by atoms with E-state index in [1.807, 2.05) is 13.8 Å². The van der Waals surface area contributed by atoms with Crippen molar-refractivity contribution in [2.45, 2.75) is 31.3 Å². The number of sulfonamides is 2. The number of benzene rings is 1. The molecule has 0 aliphatic carbocycles. The summed E-state index contributed by atoms with van der Waals surface area (Å²) in [5.41, 5.74) is 0. The molecule has 1 aliphatic heterocycles. The van der Waals surface area contributed by atoms with E-state index in [4.69, 9.17) is 9.47 Å². The average Bonchev–Trinajstić information content (AvgIpc) is 3.09. The van der Waals surface area contributed by atoms with E-state index in [1.165, 1.54) is 17.5 Å². The summed E-state index contributed by atoms with van der Waals surface area (Å²) in [4.78, 5) is 0.0634. The van der Waals surface area contributed by atoms with Gasteiger partial charge in [-0.2, -0.15) is 4.31 Å². The molecule has 0 amide bonds. The predicted molar refractivity (Wildman–Crippen MR) is 103 cm³/mol. The first-order chi connectivity index (χ1) is 12.6. The smallest absolute Gasteiger partial charge is 0.246 e. The summed E-state index contributed by atoms with van der Waals surface area (Å²) in [5.74, 6) is 0.631. The van der Waals surface area contributed by atoms with Crippen molar-refractivity contribution in [3.63, 3.8) is 0 Å². The standard InChI is InChI=1S/C17H26N2O6S2/c1-5-26(20,21)18-11-14-8-9-19(12-14)27(22,23)17-7-6-15(25-13(2)3)10-16(17)24-4/h5-7,10,13-14,18H,1,8-9,11-12H2,2-4H3. The van der Waals surface area contributed by atoms with Crippen LogP contribution in [-0.2, 0) is 20.0 Å². The molecule has 1 aromatic rings. The van der Waals surface area contributed by atoms with Crippen LogP contribution in [0.25, 0.3) is 0 Å². The normalized spacial score (nSPS) is 18.6. The second-order valence-corrected chi connectivity index (χ2v) is 10.2. The zero-order valence-corrected chi connectivity index (χ0v) is 17.3. The monoisotopic (exact) mass is 418 g/mol. The minimum absolute atomic E-state index is 0.0455. The van der Waals surface area contributed by atoms with Gasteiger partial charge in [0.05, 0.1) is 13.2 Å². The predicted octanol–water partition coefficient (Wildman–Crippen LogP) is 1.56. The van der Waals surface area contributed by atoms with Gasteiger partial charge in [-0.1, -0.05) is 6.58 Å². The first-order valence-corrected chi connectivity index (χ1v) is 11.5. The van der Waals surface area contributed by atoms with Crippen LogP contribution in [-0.4, -0.2) is 54.0 Å². The van der Waals surface area contributed by atoms with Crippen molar-refractivity contribution in [2.24, 2.45) is 5.92 Å². The molecule has 1 heterocycles. The SMILES string of the molecule is C=CS(=O)(=O)NCC1CCN(S(=O)(=O)c2ccc(OC(C)C)cc2OC)C1. The fourth-order valence-electron chi connectivity index (χ4n) is 2.82. The highest BCUT2D eigenvalue weighted by Gasteiger charge is 2.34. The fourth-order valence-corrected chi connectivity index (χ4v) is 5.07. The van der Waals surface area contributed by atoms with Crippen molar-refractivity contribution in [1.29, 1.82) is 0 Å². The quantitative estimate of drug-likeness (QED) is 0.653. The first kappa shape index (κ1) is 21.7. The minimum Gasteiger partial charge on any atom is -0.495 e. The molecule has 0 radical (unpaired) electrons. The molecule has 1 aliphatic rings. The van der Waals surface area contributed by atoms with Crippen molar-refractivity contribution < 1.29 is 26.3 Å². The molecule has 0 saturated carbocycles. The Balaban J connectivity index is 2.15. The highest BCUT2D eigenvalue weighted by molar-refractivity contribution is 7.92. The van der Waals surface area contributed by atoms with Crippen LogP contribution in [0.4, 0.5) is 0 Å². The Hall–Kier alpha value is -1.62. The molecule has 1 saturated heterocycles. The number of nitrogens with zero attached hydrogens (tertiary/aromatic N) is 1. The molecule has 1 unspecified atom stereocenters. The number of hydrogen-bond donors (Lipinski definition) is 1. The second-order valence-electron chi connectivity index (χ2n) is 6.56. The van der Waals surface area contributed by atoms with Gasteiger partial charge in [0.2, 0.25) is 20.0 Å². The fraction of sp³-hybridized carbons (Fsp3) is 0.529. The van der Waals surface area contributed by atoms with Crippen LogP contribution >= 0.6 is 0 Å². The third-order valence-electron chi connectivity index (χ3n) is 4.17. The molecule has 2 rings (SSSR count). The van der Waals surface area contributed by atoms with Crippen molar-refractivity contribution in [3.8, 4) is 11.5 Å². The van der Waals surface area contributed by atoms with E-state index in [1.54, 1.807) is 12.1 Å². The minimum atomic E-state index is -3.76. The van der Waals surface area contributed by atoms with E-state index in [0.717, 1.165) is 5.41 Å². The Morgan fingerprint density at radius 3 is 2.63 bits per heavy atom. The van der Waals surface area contributed by atoms with Crippen molar-refractivity contribution in [3.05, 3.63) is 30.2 Å². The molecule has 0 bridgehead atoms. The molecule has 1 fully saturated rings. The van der Waals surface area contributed by atoms with Crippen molar-refractivity contribution >= 4 is 20.0 Å². The summed E-state index contributed by atoms with van der Waals surface area (Å²) in [5, 5.41) is 0.835. The van der Waals surface area contributed by atoms with Gasteiger partial charge in [-0.3, -0.25) is 0 Å². The molecule has 1 atom stereocenters. The molecule has 1 N–H and O–H groups in total. The van der Waals surface area contributed by atoms with Crippen LogP contribution in [0.3, 0.4) is 0 Å². The van der Waals surface area contributed by atoms with Gasteiger partial charge < -0.3 is 9.47 Å². The van der Waals surface area contributed by atoms with Gasteiger partial charge >= 0.3 is 0 Å². The summed E-state index contributed by atoms with van der Waals surface area (Å²) in [7, 11) is -5.88. The molecule has 1 aromatic carbocycles. The highest BCUT2D eigenvalue weighted by atomic mass is 32.2. The number of nitrogens with one attached hydrogen (secondary N) is 1. The van der Waals surface area contributed by atoms with Gasteiger partial charge in [-0.05, 0) is 38.3 Å². The lowest BCUT2D eigenvalue weighted by Crippen LogP contribution is -2.32. The van der Waals surface area contributed by atoms with E-state index in [-0.39, 0.29) is 35.8 Å². The molecule has 152 valence electrons. The van der Waals surface area contributed by atoms with E-state index < -0.39 is 20.0 Å². The maximum absolute atomic E-state index is 13.0. The zero-order valence-electron chi connectivity index (χ0n) is 15.7. The number of rotatable bonds is 9. The number of methoxy groups -OCH3 is 1. The van der Waals surface area contributed by atoms with Crippen molar-refractivity contribution in [1.82, 2.24) is 9.03 Å². The zero-order chi connectivity index (χ0) is 20.2. The average molecular weight is 419 g/mol. The van der Waals surface area contributed by atoms with E-state index in [0.29, 0.717) is 18.7 Å². The Morgan fingerprint density at radius 1 is 1.33 bits per heavy atom. The molecule has 27 heavy (non-hydrogen) atoms. The highest BCUT2D eigenvalue weighted by Crippen LogP contribution is 2.33. The van der Waals surface area contributed by atoms with Crippen LogP contribution in [0.15, 0.2) is 35.1 Å². The maximum atomic E-state index is 13.0. The lowest BCUT2D eigenvalue weighted by molar-refractivity contribution is 0.241. The molecular formula is C17H26N2O6S2. The van der Waals surface area contributed by atoms with Gasteiger partial charge in [0, 0.05) is 31.1 Å². The largest absolute Gasteiger partial charge is 0.495 e. The number of ether oxygens (including phenoxy) is 2. The van der Waals surface area contributed by atoms with Crippen molar-refractivity contribution in [2.75, 3.05) is 26.7 Å². The van der Waals surface area contributed by atoms with E-state index >= 15 is 0 Å². The second kappa shape index (κ2) is 8.59. The topological polar surface area (TPSA) is 102 Å². The van der Waals surface area contributed by atoms with Crippen LogP contribution in [0.1, 0.15) is 20.3 Å².